The fourth-order valence-corrected chi connectivity index (χ4v) is 2.58. The lowest BCUT2D eigenvalue weighted by Crippen LogP contribution is -2.24. The number of amides is 1. The zero-order chi connectivity index (χ0) is 15.9. The lowest BCUT2D eigenvalue weighted by molar-refractivity contribution is -0.118. The summed E-state index contributed by atoms with van der Waals surface area (Å²) < 4.78 is 18.7. The van der Waals surface area contributed by atoms with Gasteiger partial charge in [0, 0.05) is 6.54 Å². The number of nitrogens with one attached hydrogen (secondary N) is 1. The zero-order valence-electron chi connectivity index (χ0n) is 12.3. The molecule has 0 saturated carbocycles. The summed E-state index contributed by atoms with van der Waals surface area (Å²) >= 11 is 2.77. The fourth-order valence-electron chi connectivity index (χ4n) is 1.60. The van der Waals surface area contributed by atoms with Crippen molar-refractivity contribution in [3.8, 4) is 0 Å². The van der Waals surface area contributed by atoms with Crippen LogP contribution in [0.15, 0.2) is 27.8 Å². The van der Waals surface area contributed by atoms with Gasteiger partial charge in [-0.05, 0) is 30.4 Å². The van der Waals surface area contributed by atoms with E-state index in [1.54, 1.807) is 30.8 Å². The second kappa shape index (κ2) is 8.19. The third-order valence-electron chi connectivity index (χ3n) is 2.77. The molecule has 1 heterocycles. The van der Waals surface area contributed by atoms with Crippen molar-refractivity contribution in [1.82, 2.24) is 15.5 Å². The maximum Gasteiger partial charge on any atom is 0.277 e. The average molecular weight is 341 g/mol. The maximum absolute atomic E-state index is 13.4. The van der Waals surface area contributed by atoms with Gasteiger partial charge in [-0.15, -0.1) is 10.2 Å². The van der Waals surface area contributed by atoms with Crippen LogP contribution in [0.1, 0.15) is 17.0 Å². The van der Waals surface area contributed by atoms with E-state index >= 15 is 0 Å². The molecule has 2 aromatic rings. The molecule has 1 N–H and O–H groups in total. The standard InChI is InChI=1S/C14H16FN3O2S2/c1-9-3-4-10(5-11(9)15)6-16-12(19)7-22-14-18-17-13(20-14)8-21-2/h3-5H,6-8H2,1-2H3,(H,16,19). The molecule has 0 radical (unpaired) electrons. The quantitative estimate of drug-likeness (QED) is 0.781. The van der Waals surface area contributed by atoms with Crippen molar-refractivity contribution in [2.75, 3.05) is 12.0 Å². The fraction of sp³-hybridized carbons (Fsp3) is 0.357. The Kier molecular flexibility index (Phi) is 6.26. The minimum atomic E-state index is -0.270. The predicted molar refractivity (Wildman–Crippen MR) is 85.2 cm³/mol. The van der Waals surface area contributed by atoms with E-state index in [9.17, 15) is 9.18 Å². The molecule has 0 aliphatic heterocycles. The van der Waals surface area contributed by atoms with E-state index in [1.165, 1.54) is 17.8 Å². The van der Waals surface area contributed by atoms with Crippen molar-refractivity contribution < 1.29 is 13.6 Å². The molecule has 0 atom stereocenters. The number of hydrogen-bond acceptors (Lipinski definition) is 6. The van der Waals surface area contributed by atoms with Crippen LogP contribution in [-0.2, 0) is 17.1 Å². The van der Waals surface area contributed by atoms with Gasteiger partial charge in [0.25, 0.3) is 5.22 Å². The van der Waals surface area contributed by atoms with Gasteiger partial charge in [-0.2, -0.15) is 11.8 Å². The van der Waals surface area contributed by atoms with E-state index in [0.29, 0.717) is 22.4 Å². The summed E-state index contributed by atoms with van der Waals surface area (Å²) in [6.07, 6.45) is 1.94. The summed E-state index contributed by atoms with van der Waals surface area (Å²) in [5.41, 5.74) is 1.31. The molecule has 0 aliphatic carbocycles. The number of rotatable bonds is 7. The summed E-state index contributed by atoms with van der Waals surface area (Å²) in [6.45, 7) is 1.99. The molecule has 0 spiro atoms. The van der Waals surface area contributed by atoms with Crippen molar-refractivity contribution in [3.63, 3.8) is 0 Å². The van der Waals surface area contributed by atoms with Crippen molar-refractivity contribution in [1.29, 1.82) is 0 Å². The second-order valence-electron chi connectivity index (χ2n) is 4.54. The average Bonchev–Trinajstić information content (AvgIpc) is 2.94. The summed E-state index contributed by atoms with van der Waals surface area (Å²) in [5, 5.41) is 10.8. The molecular formula is C14H16FN3O2S2. The molecule has 0 fully saturated rings. The molecule has 8 heteroatoms. The van der Waals surface area contributed by atoms with Gasteiger partial charge in [-0.25, -0.2) is 4.39 Å². The highest BCUT2D eigenvalue weighted by Gasteiger charge is 2.09. The Bertz CT molecular complexity index is 649. The first-order valence-electron chi connectivity index (χ1n) is 6.54. The van der Waals surface area contributed by atoms with Crippen LogP contribution < -0.4 is 5.32 Å². The number of aromatic nitrogens is 2. The number of hydrogen-bond donors (Lipinski definition) is 1. The Morgan fingerprint density at radius 2 is 2.23 bits per heavy atom. The number of thioether (sulfide) groups is 2. The minimum absolute atomic E-state index is 0.171. The first-order valence-corrected chi connectivity index (χ1v) is 8.92. The molecule has 5 nitrogen and oxygen atoms in total. The maximum atomic E-state index is 13.4. The normalized spacial score (nSPS) is 10.7. The van der Waals surface area contributed by atoms with Crippen LogP contribution in [0.2, 0.25) is 0 Å². The van der Waals surface area contributed by atoms with Gasteiger partial charge < -0.3 is 9.73 Å². The van der Waals surface area contributed by atoms with Gasteiger partial charge in [0.1, 0.15) is 5.82 Å². The van der Waals surface area contributed by atoms with Gasteiger partial charge in [0.2, 0.25) is 11.8 Å². The molecule has 0 unspecified atom stereocenters. The third kappa shape index (κ3) is 5.03. The summed E-state index contributed by atoms with van der Waals surface area (Å²) in [6, 6.07) is 4.91. The van der Waals surface area contributed by atoms with E-state index in [4.69, 9.17) is 4.42 Å². The van der Waals surface area contributed by atoms with Crippen LogP contribution in [0.3, 0.4) is 0 Å². The number of carbonyl (C=O) groups excluding carboxylic acids is 1. The SMILES string of the molecule is CSCc1nnc(SCC(=O)NCc2ccc(C)c(F)c2)o1. The smallest absolute Gasteiger partial charge is 0.277 e. The molecule has 0 saturated heterocycles. The first kappa shape index (κ1) is 16.8. The molecule has 2 rings (SSSR count). The van der Waals surface area contributed by atoms with E-state index in [-0.39, 0.29) is 24.0 Å². The Balaban J connectivity index is 1.76. The number of halogens is 1. The first-order chi connectivity index (χ1) is 10.6. The Hall–Kier alpha value is -1.54. The van der Waals surface area contributed by atoms with Crippen LogP contribution in [0.5, 0.6) is 0 Å². The number of carbonyl (C=O) groups is 1. The third-order valence-corrected chi connectivity index (χ3v) is 4.12. The van der Waals surface area contributed by atoms with Gasteiger partial charge in [0.15, 0.2) is 0 Å². The predicted octanol–water partition coefficient (Wildman–Crippen LogP) is 2.79. The Labute approximate surface area is 136 Å². The topological polar surface area (TPSA) is 68.0 Å². The van der Waals surface area contributed by atoms with E-state index in [0.717, 1.165) is 5.56 Å². The van der Waals surface area contributed by atoms with Crippen molar-refractivity contribution in [2.45, 2.75) is 24.4 Å². The van der Waals surface area contributed by atoms with E-state index < -0.39 is 0 Å². The number of nitrogens with zero attached hydrogens (tertiary/aromatic N) is 2. The molecule has 1 aromatic heterocycles. The molecular weight excluding hydrogens is 325 g/mol. The van der Waals surface area contributed by atoms with Crippen molar-refractivity contribution in [3.05, 3.63) is 41.0 Å². The summed E-state index contributed by atoms with van der Waals surface area (Å²) in [5.74, 6) is 0.933. The summed E-state index contributed by atoms with van der Waals surface area (Å²) in [7, 11) is 0. The minimum Gasteiger partial charge on any atom is -0.415 e. The highest BCUT2D eigenvalue weighted by Crippen LogP contribution is 2.17. The Morgan fingerprint density at radius 1 is 1.41 bits per heavy atom. The monoisotopic (exact) mass is 341 g/mol. The van der Waals surface area contributed by atoms with Gasteiger partial charge in [-0.3, -0.25) is 4.79 Å². The van der Waals surface area contributed by atoms with E-state index in [1.807, 2.05) is 6.26 Å². The van der Waals surface area contributed by atoms with Crippen LogP contribution in [0.4, 0.5) is 4.39 Å². The van der Waals surface area contributed by atoms with Crippen LogP contribution >= 0.6 is 23.5 Å². The van der Waals surface area contributed by atoms with Gasteiger partial charge in [0.05, 0.1) is 11.5 Å². The largest absolute Gasteiger partial charge is 0.415 e. The van der Waals surface area contributed by atoms with Crippen molar-refractivity contribution in [2.24, 2.45) is 0 Å². The molecule has 0 bridgehead atoms. The van der Waals surface area contributed by atoms with Crippen LogP contribution in [-0.4, -0.2) is 28.1 Å². The van der Waals surface area contributed by atoms with E-state index in [2.05, 4.69) is 15.5 Å². The highest BCUT2D eigenvalue weighted by molar-refractivity contribution is 7.99. The lowest BCUT2D eigenvalue weighted by Gasteiger charge is -2.05. The second-order valence-corrected chi connectivity index (χ2v) is 6.34. The Morgan fingerprint density at radius 3 is 2.95 bits per heavy atom. The molecule has 1 aromatic carbocycles. The molecule has 0 aliphatic rings. The van der Waals surface area contributed by atoms with Crippen molar-refractivity contribution >= 4 is 29.4 Å². The van der Waals surface area contributed by atoms with Gasteiger partial charge in [-0.1, -0.05) is 23.9 Å². The van der Waals surface area contributed by atoms with Crippen LogP contribution in [0.25, 0.3) is 0 Å². The highest BCUT2D eigenvalue weighted by atomic mass is 32.2. The van der Waals surface area contributed by atoms with Crippen LogP contribution in [0, 0.1) is 12.7 Å². The zero-order valence-corrected chi connectivity index (χ0v) is 13.9. The lowest BCUT2D eigenvalue weighted by atomic mass is 10.1. The molecule has 118 valence electrons. The molecule has 1 amide bonds. The molecule has 22 heavy (non-hydrogen) atoms. The number of benzene rings is 1. The number of aryl methyl sites for hydroxylation is 1. The summed E-state index contributed by atoms with van der Waals surface area (Å²) in [4.78, 5) is 11.8. The van der Waals surface area contributed by atoms with Gasteiger partial charge >= 0.3 is 0 Å².